The van der Waals surface area contributed by atoms with Crippen molar-refractivity contribution in [3.05, 3.63) is 28.8 Å². The zero-order chi connectivity index (χ0) is 12.1. The second-order valence-electron chi connectivity index (χ2n) is 4.14. The van der Waals surface area contributed by atoms with Crippen molar-refractivity contribution >= 4 is 17.9 Å². The maximum atomic E-state index is 10.9. The molecule has 0 bridgehead atoms. The van der Waals surface area contributed by atoms with Crippen molar-refractivity contribution in [3.63, 3.8) is 0 Å². The fraction of sp³-hybridized carbons (Fsp3) is 0.462. The maximum Gasteiger partial charge on any atom is 0.155 e. The third kappa shape index (κ3) is 3.20. The summed E-state index contributed by atoms with van der Waals surface area (Å²) in [7, 11) is 0. The molecule has 4 heteroatoms. The summed E-state index contributed by atoms with van der Waals surface area (Å²) >= 11 is 5.92. The van der Waals surface area contributed by atoms with Gasteiger partial charge in [-0.2, -0.15) is 0 Å². The van der Waals surface area contributed by atoms with Gasteiger partial charge in [0.05, 0.1) is 17.2 Å². The maximum absolute atomic E-state index is 10.9. The van der Waals surface area contributed by atoms with Gasteiger partial charge in [-0.3, -0.25) is 4.79 Å². The third-order valence-corrected chi connectivity index (χ3v) is 3.28. The highest BCUT2D eigenvalue weighted by Gasteiger charge is 2.15. The Morgan fingerprint density at radius 3 is 2.88 bits per heavy atom. The van der Waals surface area contributed by atoms with Gasteiger partial charge < -0.3 is 9.47 Å². The minimum absolute atomic E-state index is 0.432. The Hall–Kier alpha value is -1.06. The molecule has 0 atom stereocenters. The van der Waals surface area contributed by atoms with Gasteiger partial charge in [0.25, 0.3) is 0 Å². The van der Waals surface area contributed by atoms with E-state index in [0.717, 1.165) is 32.3 Å². The highest BCUT2D eigenvalue weighted by Crippen LogP contribution is 2.25. The fourth-order valence-corrected chi connectivity index (χ4v) is 2.09. The molecule has 1 heterocycles. The smallest absolute Gasteiger partial charge is 0.155 e. The molecule has 0 N–H and O–H groups in total. The Morgan fingerprint density at radius 2 is 2.18 bits per heavy atom. The Labute approximate surface area is 106 Å². The summed E-state index contributed by atoms with van der Waals surface area (Å²) in [6, 6.07) is 5.25. The molecule has 0 amide bonds. The molecule has 0 radical (unpaired) electrons. The van der Waals surface area contributed by atoms with Crippen LogP contribution in [0.15, 0.2) is 18.2 Å². The van der Waals surface area contributed by atoms with E-state index in [1.807, 2.05) is 0 Å². The summed E-state index contributed by atoms with van der Waals surface area (Å²) in [4.78, 5) is 10.9. The van der Waals surface area contributed by atoms with Crippen LogP contribution in [-0.4, -0.2) is 26.1 Å². The van der Waals surface area contributed by atoms with Gasteiger partial charge in [0, 0.05) is 13.2 Å². The van der Waals surface area contributed by atoms with Gasteiger partial charge in [0.2, 0.25) is 0 Å². The van der Waals surface area contributed by atoms with E-state index in [2.05, 4.69) is 0 Å². The summed E-state index contributed by atoms with van der Waals surface area (Å²) in [5, 5.41) is 0.435. The summed E-state index contributed by atoms with van der Waals surface area (Å²) in [6.07, 6.45) is 2.76. The third-order valence-electron chi connectivity index (χ3n) is 2.95. The highest BCUT2D eigenvalue weighted by molar-refractivity contribution is 6.33. The first-order valence-corrected chi connectivity index (χ1v) is 6.13. The molecule has 17 heavy (non-hydrogen) atoms. The fourth-order valence-electron chi connectivity index (χ4n) is 1.88. The average Bonchev–Trinajstić information content (AvgIpc) is 2.37. The van der Waals surface area contributed by atoms with Crippen LogP contribution in [0.2, 0.25) is 5.02 Å². The first kappa shape index (κ1) is 12.4. The van der Waals surface area contributed by atoms with Crippen LogP contribution in [0, 0.1) is 5.92 Å². The standard InChI is InChI=1S/C13H15ClO3/c14-12-2-1-3-13(11(12)8-15)17-9-10-4-6-16-7-5-10/h1-3,8,10H,4-7,9H2. The van der Waals surface area contributed by atoms with E-state index in [4.69, 9.17) is 21.1 Å². The second-order valence-corrected chi connectivity index (χ2v) is 4.54. The highest BCUT2D eigenvalue weighted by atomic mass is 35.5. The molecule has 1 fully saturated rings. The molecule has 0 aliphatic carbocycles. The predicted octanol–water partition coefficient (Wildman–Crippen LogP) is 2.96. The van der Waals surface area contributed by atoms with Crippen LogP contribution in [-0.2, 0) is 4.74 Å². The van der Waals surface area contributed by atoms with Gasteiger partial charge >= 0.3 is 0 Å². The molecule has 0 saturated carbocycles. The molecule has 0 aromatic heterocycles. The van der Waals surface area contributed by atoms with Crippen LogP contribution in [0.3, 0.4) is 0 Å². The lowest BCUT2D eigenvalue weighted by molar-refractivity contribution is 0.0496. The first-order valence-electron chi connectivity index (χ1n) is 5.75. The molecule has 0 spiro atoms. The van der Waals surface area contributed by atoms with Gasteiger partial charge in [-0.05, 0) is 30.9 Å². The number of aldehydes is 1. The number of hydrogen-bond donors (Lipinski definition) is 0. The first-order chi connectivity index (χ1) is 8.31. The van der Waals surface area contributed by atoms with Crippen molar-refractivity contribution in [2.45, 2.75) is 12.8 Å². The van der Waals surface area contributed by atoms with Gasteiger partial charge in [-0.25, -0.2) is 0 Å². The number of hydrogen-bond acceptors (Lipinski definition) is 3. The molecular formula is C13H15ClO3. The molecule has 1 aromatic carbocycles. The summed E-state index contributed by atoms with van der Waals surface area (Å²) in [5.74, 6) is 1.07. The van der Waals surface area contributed by atoms with Crippen molar-refractivity contribution in [1.82, 2.24) is 0 Å². The van der Waals surface area contributed by atoms with E-state index in [0.29, 0.717) is 28.9 Å². The van der Waals surface area contributed by atoms with E-state index < -0.39 is 0 Å². The molecule has 1 saturated heterocycles. The molecule has 2 rings (SSSR count). The Morgan fingerprint density at radius 1 is 1.41 bits per heavy atom. The quantitative estimate of drug-likeness (QED) is 0.775. The lowest BCUT2D eigenvalue weighted by Gasteiger charge is -2.22. The minimum atomic E-state index is 0.432. The summed E-state index contributed by atoms with van der Waals surface area (Å²) < 4.78 is 11.0. The number of carbonyl (C=O) groups excluding carboxylic acids is 1. The molecular weight excluding hydrogens is 240 g/mol. The molecule has 0 unspecified atom stereocenters. The van der Waals surface area contributed by atoms with Crippen LogP contribution < -0.4 is 4.74 Å². The molecule has 3 nitrogen and oxygen atoms in total. The largest absolute Gasteiger partial charge is 0.492 e. The van der Waals surface area contributed by atoms with Crippen LogP contribution >= 0.6 is 11.6 Å². The van der Waals surface area contributed by atoms with Crippen LogP contribution in [0.4, 0.5) is 0 Å². The predicted molar refractivity (Wildman–Crippen MR) is 65.9 cm³/mol. The number of benzene rings is 1. The lowest BCUT2D eigenvalue weighted by Crippen LogP contribution is -2.21. The van der Waals surface area contributed by atoms with Gasteiger partial charge in [-0.15, -0.1) is 0 Å². The number of ether oxygens (including phenoxy) is 2. The van der Waals surface area contributed by atoms with Crippen LogP contribution in [0.1, 0.15) is 23.2 Å². The van der Waals surface area contributed by atoms with Crippen LogP contribution in [0.5, 0.6) is 5.75 Å². The lowest BCUT2D eigenvalue weighted by atomic mass is 10.0. The van der Waals surface area contributed by atoms with Crippen molar-refractivity contribution in [2.75, 3.05) is 19.8 Å². The van der Waals surface area contributed by atoms with E-state index in [1.165, 1.54) is 0 Å². The normalized spacial score (nSPS) is 16.8. The Bertz CT molecular complexity index is 386. The van der Waals surface area contributed by atoms with Crippen molar-refractivity contribution in [3.8, 4) is 5.75 Å². The average molecular weight is 255 g/mol. The van der Waals surface area contributed by atoms with Gasteiger partial charge in [0.1, 0.15) is 5.75 Å². The Balaban J connectivity index is 1.98. The van der Waals surface area contributed by atoms with Gasteiger partial charge in [0.15, 0.2) is 6.29 Å². The van der Waals surface area contributed by atoms with Crippen molar-refractivity contribution < 1.29 is 14.3 Å². The topological polar surface area (TPSA) is 35.5 Å². The van der Waals surface area contributed by atoms with Crippen molar-refractivity contribution in [1.29, 1.82) is 0 Å². The van der Waals surface area contributed by atoms with Gasteiger partial charge in [-0.1, -0.05) is 17.7 Å². The molecule has 1 aliphatic heterocycles. The minimum Gasteiger partial charge on any atom is -0.492 e. The van der Waals surface area contributed by atoms with E-state index in [9.17, 15) is 4.79 Å². The van der Waals surface area contributed by atoms with Crippen LogP contribution in [0.25, 0.3) is 0 Å². The second kappa shape index (κ2) is 6.03. The SMILES string of the molecule is O=Cc1c(Cl)cccc1OCC1CCOCC1. The molecule has 92 valence electrons. The van der Waals surface area contributed by atoms with Crippen molar-refractivity contribution in [2.24, 2.45) is 5.92 Å². The zero-order valence-electron chi connectivity index (χ0n) is 9.52. The number of rotatable bonds is 4. The summed E-state index contributed by atoms with van der Waals surface area (Å²) in [6.45, 7) is 2.21. The van der Waals surface area contributed by atoms with E-state index >= 15 is 0 Å². The number of carbonyl (C=O) groups is 1. The van der Waals surface area contributed by atoms with E-state index in [1.54, 1.807) is 18.2 Å². The monoisotopic (exact) mass is 254 g/mol. The molecule has 1 aromatic rings. The zero-order valence-corrected chi connectivity index (χ0v) is 10.3. The number of halogens is 1. The summed E-state index contributed by atoms with van der Waals surface area (Å²) in [5.41, 5.74) is 0.432. The van der Waals surface area contributed by atoms with E-state index in [-0.39, 0.29) is 0 Å². The molecule has 1 aliphatic rings. The Kier molecular flexibility index (Phi) is 4.40.